The third-order valence-corrected chi connectivity index (χ3v) is 4.80. The van der Waals surface area contributed by atoms with Gasteiger partial charge in [-0.2, -0.15) is 0 Å². The highest BCUT2D eigenvalue weighted by Gasteiger charge is 2.18. The molecule has 6 heteroatoms. The van der Waals surface area contributed by atoms with Gasteiger partial charge >= 0.3 is 0 Å². The predicted molar refractivity (Wildman–Crippen MR) is 103 cm³/mol. The standard InChI is InChI=1S/C20H22ClFN2O2/c1-13-11-16(24-9-3-4-10-24)6-7-18(13)23-20(25)14(2)26-19-8-5-15(22)12-17(19)21/h5-8,11-12,14H,3-4,9-10H2,1-2H3,(H,23,25). The number of halogens is 2. The van der Waals surface area contributed by atoms with E-state index < -0.39 is 11.9 Å². The largest absolute Gasteiger partial charge is 0.479 e. The van der Waals surface area contributed by atoms with Gasteiger partial charge in [-0.25, -0.2) is 4.39 Å². The van der Waals surface area contributed by atoms with E-state index >= 15 is 0 Å². The zero-order valence-electron chi connectivity index (χ0n) is 14.9. The average molecular weight is 377 g/mol. The highest BCUT2D eigenvalue weighted by atomic mass is 35.5. The summed E-state index contributed by atoms with van der Waals surface area (Å²) in [6, 6.07) is 9.84. The Balaban J connectivity index is 1.65. The van der Waals surface area contributed by atoms with Gasteiger partial charge in [0, 0.05) is 24.5 Å². The molecular formula is C20H22ClFN2O2. The van der Waals surface area contributed by atoms with E-state index in [1.165, 1.54) is 30.7 Å². The van der Waals surface area contributed by atoms with Crippen molar-refractivity contribution in [3.63, 3.8) is 0 Å². The third kappa shape index (κ3) is 4.28. The lowest BCUT2D eigenvalue weighted by Crippen LogP contribution is -2.30. The topological polar surface area (TPSA) is 41.6 Å². The van der Waals surface area contributed by atoms with E-state index in [1.807, 2.05) is 19.1 Å². The van der Waals surface area contributed by atoms with Crippen molar-refractivity contribution in [1.82, 2.24) is 0 Å². The number of hydrogen-bond donors (Lipinski definition) is 1. The molecule has 0 aliphatic carbocycles. The molecular weight excluding hydrogens is 355 g/mol. The highest BCUT2D eigenvalue weighted by Crippen LogP contribution is 2.27. The lowest BCUT2D eigenvalue weighted by Gasteiger charge is -2.20. The van der Waals surface area contributed by atoms with Gasteiger partial charge in [-0.05, 0) is 68.7 Å². The molecule has 0 aromatic heterocycles. The first-order valence-corrected chi connectivity index (χ1v) is 9.10. The van der Waals surface area contributed by atoms with E-state index in [1.54, 1.807) is 6.92 Å². The molecule has 1 aliphatic heterocycles. The quantitative estimate of drug-likeness (QED) is 0.815. The number of ether oxygens (including phenoxy) is 1. The minimum absolute atomic E-state index is 0.135. The lowest BCUT2D eigenvalue weighted by molar-refractivity contribution is -0.122. The number of nitrogens with one attached hydrogen (secondary N) is 1. The van der Waals surface area contributed by atoms with Crippen molar-refractivity contribution in [3.05, 3.63) is 52.8 Å². The van der Waals surface area contributed by atoms with Gasteiger partial charge in [0.2, 0.25) is 0 Å². The van der Waals surface area contributed by atoms with Crippen LogP contribution >= 0.6 is 11.6 Å². The zero-order chi connectivity index (χ0) is 18.7. The molecule has 0 radical (unpaired) electrons. The first-order chi connectivity index (χ1) is 12.4. The highest BCUT2D eigenvalue weighted by molar-refractivity contribution is 6.32. The second kappa shape index (κ2) is 7.96. The molecule has 1 N–H and O–H groups in total. The van der Waals surface area contributed by atoms with Gasteiger partial charge in [0.25, 0.3) is 5.91 Å². The summed E-state index contributed by atoms with van der Waals surface area (Å²) in [5.41, 5.74) is 2.92. The molecule has 138 valence electrons. The second-order valence-electron chi connectivity index (χ2n) is 6.52. The summed E-state index contributed by atoms with van der Waals surface area (Å²) in [5.74, 6) is -0.465. The van der Waals surface area contributed by atoms with E-state index in [9.17, 15) is 9.18 Å². The molecule has 2 aromatic carbocycles. The summed E-state index contributed by atoms with van der Waals surface area (Å²) >= 11 is 5.94. The fraction of sp³-hybridized carbons (Fsp3) is 0.350. The molecule has 1 saturated heterocycles. The molecule has 1 amide bonds. The first kappa shape index (κ1) is 18.5. The Morgan fingerprint density at radius 1 is 1.23 bits per heavy atom. The monoisotopic (exact) mass is 376 g/mol. The van der Waals surface area contributed by atoms with Crippen LogP contribution in [0.5, 0.6) is 5.75 Å². The summed E-state index contributed by atoms with van der Waals surface area (Å²) in [4.78, 5) is 14.8. The number of rotatable bonds is 5. The van der Waals surface area contributed by atoms with Crippen LogP contribution in [0.1, 0.15) is 25.3 Å². The second-order valence-corrected chi connectivity index (χ2v) is 6.92. The normalized spacial score (nSPS) is 15.0. The van der Waals surface area contributed by atoms with Crippen molar-refractivity contribution in [3.8, 4) is 5.75 Å². The van der Waals surface area contributed by atoms with E-state index in [4.69, 9.17) is 16.3 Å². The SMILES string of the molecule is Cc1cc(N2CCCC2)ccc1NC(=O)C(C)Oc1ccc(F)cc1Cl. The van der Waals surface area contributed by atoms with Crippen LogP contribution in [0.3, 0.4) is 0 Å². The molecule has 1 heterocycles. The van der Waals surface area contributed by atoms with Crippen molar-refractivity contribution in [2.75, 3.05) is 23.3 Å². The van der Waals surface area contributed by atoms with Crippen LogP contribution in [0.4, 0.5) is 15.8 Å². The maximum absolute atomic E-state index is 13.1. The summed E-state index contributed by atoms with van der Waals surface area (Å²) in [7, 11) is 0. The fourth-order valence-electron chi connectivity index (χ4n) is 3.01. The van der Waals surface area contributed by atoms with Crippen molar-refractivity contribution in [2.45, 2.75) is 32.8 Å². The van der Waals surface area contributed by atoms with Gasteiger partial charge in [-0.15, -0.1) is 0 Å². The minimum atomic E-state index is -0.768. The van der Waals surface area contributed by atoms with E-state index in [0.717, 1.165) is 30.4 Å². The van der Waals surface area contributed by atoms with Gasteiger partial charge in [-0.3, -0.25) is 4.79 Å². The molecule has 1 fully saturated rings. The van der Waals surface area contributed by atoms with E-state index in [0.29, 0.717) is 0 Å². The van der Waals surface area contributed by atoms with Crippen LogP contribution < -0.4 is 15.0 Å². The van der Waals surface area contributed by atoms with Gasteiger partial charge in [-0.1, -0.05) is 11.6 Å². The molecule has 1 unspecified atom stereocenters. The fourth-order valence-corrected chi connectivity index (χ4v) is 3.22. The summed E-state index contributed by atoms with van der Waals surface area (Å²) in [6.45, 7) is 5.75. The molecule has 3 rings (SSSR count). The summed E-state index contributed by atoms with van der Waals surface area (Å²) in [5, 5.41) is 3.01. The Labute approximate surface area is 157 Å². The molecule has 0 bridgehead atoms. The van der Waals surface area contributed by atoms with Crippen molar-refractivity contribution in [2.24, 2.45) is 0 Å². The number of carbonyl (C=O) groups excluding carboxylic acids is 1. The van der Waals surface area contributed by atoms with Crippen LogP contribution in [0.15, 0.2) is 36.4 Å². The number of amides is 1. The molecule has 1 atom stereocenters. The number of hydrogen-bond acceptors (Lipinski definition) is 3. The lowest BCUT2D eigenvalue weighted by atomic mass is 10.1. The predicted octanol–water partition coefficient (Wildman–Crippen LogP) is 4.79. The Morgan fingerprint density at radius 2 is 1.96 bits per heavy atom. The molecule has 4 nitrogen and oxygen atoms in total. The van der Waals surface area contributed by atoms with Crippen LogP contribution in [0.25, 0.3) is 0 Å². The Kier molecular flexibility index (Phi) is 5.67. The Morgan fingerprint density at radius 3 is 2.62 bits per heavy atom. The number of carbonyl (C=O) groups is 1. The van der Waals surface area contributed by atoms with Crippen LogP contribution in [-0.4, -0.2) is 25.1 Å². The number of nitrogens with zero attached hydrogens (tertiary/aromatic N) is 1. The van der Waals surface area contributed by atoms with Crippen LogP contribution in [-0.2, 0) is 4.79 Å². The van der Waals surface area contributed by atoms with Crippen molar-refractivity contribution in [1.29, 1.82) is 0 Å². The number of aryl methyl sites for hydroxylation is 1. The van der Waals surface area contributed by atoms with Gasteiger partial charge in [0.15, 0.2) is 6.10 Å². The maximum atomic E-state index is 13.1. The van der Waals surface area contributed by atoms with Gasteiger partial charge < -0.3 is 15.0 Å². The zero-order valence-corrected chi connectivity index (χ0v) is 15.6. The summed E-state index contributed by atoms with van der Waals surface area (Å²) < 4.78 is 18.7. The molecule has 2 aromatic rings. The molecule has 0 spiro atoms. The Bertz CT molecular complexity index is 806. The van der Waals surface area contributed by atoms with Gasteiger partial charge in [0.1, 0.15) is 11.6 Å². The minimum Gasteiger partial charge on any atom is -0.479 e. The van der Waals surface area contributed by atoms with Crippen molar-refractivity contribution < 1.29 is 13.9 Å². The molecule has 1 aliphatic rings. The van der Waals surface area contributed by atoms with E-state index in [2.05, 4.69) is 16.3 Å². The smallest absolute Gasteiger partial charge is 0.265 e. The molecule has 26 heavy (non-hydrogen) atoms. The number of benzene rings is 2. The average Bonchev–Trinajstić information content (AvgIpc) is 3.13. The number of anilines is 2. The third-order valence-electron chi connectivity index (χ3n) is 4.51. The maximum Gasteiger partial charge on any atom is 0.265 e. The molecule has 0 saturated carbocycles. The van der Waals surface area contributed by atoms with Crippen LogP contribution in [0.2, 0.25) is 5.02 Å². The van der Waals surface area contributed by atoms with Gasteiger partial charge in [0.05, 0.1) is 5.02 Å². The first-order valence-electron chi connectivity index (χ1n) is 8.72. The van der Waals surface area contributed by atoms with Crippen LogP contribution in [0, 0.1) is 12.7 Å². The Hall–Kier alpha value is -2.27. The van der Waals surface area contributed by atoms with E-state index in [-0.39, 0.29) is 16.7 Å². The summed E-state index contributed by atoms with van der Waals surface area (Å²) in [6.07, 6.45) is 1.67. The van der Waals surface area contributed by atoms with Crippen molar-refractivity contribution >= 4 is 28.9 Å².